The van der Waals surface area contributed by atoms with Crippen LogP contribution < -0.4 is 10.5 Å². The van der Waals surface area contributed by atoms with Crippen molar-refractivity contribution in [1.29, 1.82) is 0 Å². The third-order valence-corrected chi connectivity index (χ3v) is 3.83. The minimum absolute atomic E-state index is 0.600. The van der Waals surface area contributed by atoms with Crippen molar-refractivity contribution in [3.05, 3.63) is 59.5 Å². The standard InChI is InChI=1S/C15H13NOS/c16-12-5-7-13(8-6-12)17-10-14-9-11-3-1-2-4-15(11)18-14/h1-9H,10,16H2. The molecule has 0 aliphatic rings. The molecule has 0 spiro atoms. The molecule has 0 saturated carbocycles. The summed E-state index contributed by atoms with van der Waals surface area (Å²) >= 11 is 1.77. The van der Waals surface area contributed by atoms with Crippen molar-refractivity contribution in [2.45, 2.75) is 6.61 Å². The number of hydrogen-bond donors (Lipinski definition) is 1. The van der Waals surface area contributed by atoms with Crippen LogP contribution in [0.25, 0.3) is 10.1 Å². The van der Waals surface area contributed by atoms with Gasteiger partial charge in [0.25, 0.3) is 0 Å². The van der Waals surface area contributed by atoms with Crippen LogP contribution in [0.4, 0.5) is 5.69 Å². The number of fused-ring (bicyclic) bond motifs is 1. The van der Waals surface area contributed by atoms with Gasteiger partial charge in [-0.2, -0.15) is 0 Å². The monoisotopic (exact) mass is 255 g/mol. The Hall–Kier alpha value is -2.00. The first kappa shape index (κ1) is 11.1. The van der Waals surface area contributed by atoms with Gasteiger partial charge in [0.2, 0.25) is 0 Å². The highest BCUT2D eigenvalue weighted by molar-refractivity contribution is 7.19. The summed E-state index contributed by atoms with van der Waals surface area (Å²) < 4.78 is 7.03. The quantitative estimate of drug-likeness (QED) is 0.716. The lowest BCUT2D eigenvalue weighted by atomic mass is 10.2. The number of nitrogens with two attached hydrogens (primary N) is 1. The number of benzene rings is 2. The molecule has 0 aliphatic carbocycles. The van der Waals surface area contributed by atoms with Gasteiger partial charge in [-0.1, -0.05) is 18.2 Å². The summed E-state index contributed by atoms with van der Waals surface area (Å²) in [6.45, 7) is 0.600. The third kappa shape index (κ3) is 2.31. The maximum absolute atomic E-state index is 5.73. The van der Waals surface area contributed by atoms with E-state index < -0.39 is 0 Å². The topological polar surface area (TPSA) is 35.2 Å². The van der Waals surface area contributed by atoms with Gasteiger partial charge in [0, 0.05) is 15.3 Å². The number of ether oxygens (including phenoxy) is 1. The smallest absolute Gasteiger partial charge is 0.122 e. The minimum Gasteiger partial charge on any atom is -0.488 e. The first-order valence-corrected chi connectivity index (χ1v) is 6.59. The van der Waals surface area contributed by atoms with Gasteiger partial charge in [-0.25, -0.2) is 0 Å². The molecule has 0 amide bonds. The molecule has 0 aliphatic heterocycles. The van der Waals surface area contributed by atoms with E-state index in [0.717, 1.165) is 11.4 Å². The molecule has 1 aromatic heterocycles. The van der Waals surface area contributed by atoms with Gasteiger partial charge in [-0.3, -0.25) is 0 Å². The molecule has 2 aromatic carbocycles. The van der Waals surface area contributed by atoms with Gasteiger partial charge in [-0.05, 0) is 41.8 Å². The van der Waals surface area contributed by atoms with E-state index >= 15 is 0 Å². The zero-order valence-electron chi connectivity index (χ0n) is 9.80. The molecule has 1 heterocycles. The minimum atomic E-state index is 0.600. The van der Waals surface area contributed by atoms with Crippen molar-refractivity contribution in [3.8, 4) is 5.75 Å². The Kier molecular flexibility index (Phi) is 2.90. The van der Waals surface area contributed by atoms with Crippen LogP contribution in [-0.2, 0) is 6.61 Å². The molecule has 0 unspecified atom stereocenters. The molecule has 2 N–H and O–H groups in total. The molecule has 90 valence electrons. The van der Waals surface area contributed by atoms with E-state index in [0.29, 0.717) is 6.61 Å². The van der Waals surface area contributed by atoms with Crippen LogP contribution in [0, 0.1) is 0 Å². The molecule has 2 nitrogen and oxygen atoms in total. The largest absolute Gasteiger partial charge is 0.488 e. The van der Waals surface area contributed by atoms with E-state index in [4.69, 9.17) is 10.5 Å². The number of hydrogen-bond acceptors (Lipinski definition) is 3. The Labute approximate surface area is 110 Å². The number of rotatable bonds is 3. The van der Waals surface area contributed by atoms with E-state index in [1.807, 2.05) is 24.3 Å². The molecular formula is C15H13NOS. The fourth-order valence-electron chi connectivity index (χ4n) is 1.83. The Morgan fingerprint density at radius 3 is 2.56 bits per heavy atom. The molecular weight excluding hydrogens is 242 g/mol. The van der Waals surface area contributed by atoms with Gasteiger partial charge in [-0.15, -0.1) is 11.3 Å². The highest BCUT2D eigenvalue weighted by Crippen LogP contribution is 2.26. The Morgan fingerprint density at radius 1 is 1.00 bits per heavy atom. The Morgan fingerprint density at radius 2 is 1.78 bits per heavy atom. The molecule has 0 atom stereocenters. The molecule has 0 fully saturated rings. The first-order valence-electron chi connectivity index (χ1n) is 5.77. The maximum Gasteiger partial charge on any atom is 0.122 e. The average molecular weight is 255 g/mol. The summed E-state index contributed by atoms with van der Waals surface area (Å²) in [4.78, 5) is 1.23. The Balaban J connectivity index is 1.74. The number of thiophene rings is 1. The van der Waals surface area contributed by atoms with E-state index in [1.165, 1.54) is 15.0 Å². The second-order valence-electron chi connectivity index (χ2n) is 4.11. The van der Waals surface area contributed by atoms with Crippen LogP contribution in [-0.4, -0.2) is 0 Å². The van der Waals surface area contributed by atoms with E-state index in [2.05, 4.69) is 30.3 Å². The molecule has 0 radical (unpaired) electrons. The van der Waals surface area contributed by atoms with Crippen LogP contribution in [0.3, 0.4) is 0 Å². The molecule has 0 bridgehead atoms. The maximum atomic E-state index is 5.73. The number of anilines is 1. The van der Waals surface area contributed by atoms with Crippen LogP contribution in [0.1, 0.15) is 4.88 Å². The van der Waals surface area contributed by atoms with Crippen molar-refractivity contribution in [2.75, 3.05) is 5.73 Å². The fourth-order valence-corrected chi connectivity index (χ4v) is 2.80. The van der Waals surface area contributed by atoms with E-state index in [1.54, 1.807) is 11.3 Å². The summed E-state index contributed by atoms with van der Waals surface area (Å²) in [5.41, 5.74) is 6.39. The van der Waals surface area contributed by atoms with E-state index in [-0.39, 0.29) is 0 Å². The fraction of sp³-hybridized carbons (Fsp3) is 0.0667. The van der Waals surface area contributed by atoms with Crippen LogP contribution in [0.2, 0.25) is 0 Å². The van der Waals surface area contributed by atoms with Gasteiger partial charge in [0.05, 0.1) is 0 Å². The lowest BCUT2D eigenvalue weighted by Gasteiger charge is -2.04. The van der Waals surface area contributed by atoms with Gasteiger partial charge in [0.1, 0.15) is 12.4 Å². The van der Waals surface area contributed by atoms with Crippen molar-refractivity contribution in [1.82, 2.24) is 0 Å². The summed E-state index contributed by atoms with van der Waals surface area (Å²) in [6.07, 6.45) is 0. The van der Waals surface area contributed by atoms with Crippen LogP contribution in [0.5, 0.6) is 5.75 Å². The predicted molar refractivity (Wildman–Crippen MR) is 77.0 cm³/mol. The van der Waals surface area contributed by atoms with Gasteiger partial charge < -0.3 is 10.5 Å². The molecule has 0 saturated heterocycles. The summed E-state index contributed by atoms with van der Waals surface area (Å²) in [5, 5.41) is 1.28. The zero-order valence-corrected chi connectivity index (χ0v) is 10.6. The zero-order chi connectivity index (χ0) is 12.4. The van der Waals surface area contributed by atoms with Crippen LogP contribution in [0.15, 0.2) is 54.6 Å². The Bertz CT molecular complexity index is 625. The highest BCUT2D eigenvalue weighted by Gasteiger charge is 2.02. The second kappa shape index (κ2) is 4.70. The lowest BCUT2D eigenvalue weighted by molar-refractivity contribution is 0.310. The molecule has 3 heteroatoms. The summed E-state index contributed by atoms with van der Waals surface area (Å²) in [5.74, 6) is 0.849. The number of nitrogen functional groups attached to an aromatic ring is 1. The van der Waals surface area contributed by atoms with Gasteiger partial charge in [0.15, 0.2) is 0 Å². The normalized spacial score (nSPS) is 10.7. The molecule has 3 rings (SSSR count). The van der Waals surface area contributed by atoms with Crippen molar-refractivity contribution < 1.29 is 4.74 Å². The first-order chi connectivity index (χ1) is 8.81. The van der Waals surface area contributed by atoms with Crippen LogP contribution >= 0.6 is 11.3 Å². The second-order valence-corrected chi connectivity index (χ2v) is 5.28. The SMILES string of the molecule is Nc1ccc(OCc2cc3ccccc3s2)cc1. The molecule has 3 aromatic rings. The predicted octanol–water partition coefficient (Wildman–Crippen LogP) is 4.06. The third-order valence-electron chi connectivity index (χ3n) is 2.74. The van der Waals surface area contributed by atoms with Gasteiger partial charge >= 0.3 is 0 Å². The average Bonchev–Trinajstić information content (AvgIpc) is 2.81. The lowest BCUT2D eigenvalue weighted by Crippen LogP contribution is -1.93. The summed E-state index contributed by atoms with van der Waals surface area (Å²) in [6, 6.07) is 18.0. The molecule has 18 heavy (non-hydrogen) atoms. The van der Waals surface area contributed by atoms with Crippen molar-refractivity contribution in [2.24, 2.45) is 0 Å². The van der Waals surface area contributed by atoms with E-state index in [9.17, 15) is 0 Å². The van der Waals surface area contributed by atoms with Crippen molar-refractivity contribution >= 4 is 27.1 Å². The highest BCUT2D eigenvalue weighted by atomic mass is 32.1. The van der Waals surface area contributed by atoms with Crippen molar-refractivity contribution in [3.63, 3.8) is 0 Å². The summed E-state index contributed by atoms with van der Waals surface area (Å²) in [7, 11) is 0.